The molecule has 2 rings (SSSR count). The van der Waals surface area contributed by atoms with Crippen LogP contribution in [0.3, 0.4) is 0 Å². The number of aromatic nitrogens is 2. The Balaban J connectivity index is 2.03. The summed E-state index contributed by atoms with van der Waals surface area (Å²) in [5, 5.41) is 3.50. The molecule has 1 aliphatic rings. The van der Waals surface area contributed by atoms with Crippen LogP contribution >= 0.6 is 0 Å². The van der Waals surface area contributed by atoms with Crippen molar-refractivity contribution in [1.29, 1.82) is 0 Å². The van der Waals surface area contributed by atoms with E-state index in [2.05, 4.69) is 46.5 Å². The molecule has 0 aliphatic carbocycles. The number of likely N-dealkylation sites (tertiary alicyclic amines) is 1. The molecule has 1 aromatic rings. The first-order valence-electron chi connectivity index (χ1n) is 7.31. The van der Waals surface area contributed by atoms with E-state index in [0.717, 1.165) is 37.4 Å². The van der Waals surface area contributed by atoms with E-state index < -0.39 is 0 Å². The Morgan fingerprint density at radius 2 is 1.95 bits per heavy atom. The second kappa shape index (κ2) is 6.37. The molecule has 1 aromatic heterocycles. The largest absolute Gasteiger partial charge is 0.369 e. The summed E-state index contributed by atoms with van der Waals surface area (Å²) < 4.78 is 0. The predicted octanol–water partition coefficient (Wildman–Crippen LogP) is 1.47. The lowest BCUT2D eigenvalue weighted by Crippen LogP contribution is -2.40. The van der Waals surface area contributed by atoms with Crippen LogP contribution in [0, 0.1) is 5.41 Å². The highest BCUT2D eigenvalue weighted by Crippen LogP contribution is 2.31. The fourth-order valence-corrected chi connectivity index (χ4v) is 2.66. The first kappa shape index (κ1) is 15.0. The van der Waals surface area contributed by atoms with Crippen LogP contribution in [0.5, 0.6) is 0 Å². The number of nitrogens with two attached hydrogens (primary N) is 1. The maximum Gasteiger partial charge on any atom is 0.148 e. The highest BCUT2D eigenvalue weighted by molar-refractivity contribution is 5.56. The predicted molar refractivity (Wildman–Crippen MR) is 82.5 cm³/mol. The van der Waals surface area contributed by atoms with Gasteiger partial charge < -0.3 is 15.6 Å². The number of hydrogen-bond acceptors (Lipinski definition) is 6. The van der Waals surface area contributed by atoms with Crippen molar-refractivity contribution in [3.05, 3.63) is 11.9 Å². The maximum absolute atomic E-state index is 5.50. The lowest BCUT2D eigenvalue weighted by Gasteiger charge is -2.38. The average Bonchev–Trinajstić information content (AvgIpc) is 2.48. The molecule has 0 aromatic carbocycles. The van der Waals surface area contributed by atoms with Crippen molar-refractivity contribution < 1.29 is 0 Å². The molecule has 2 heterocycles. The lowest BCUT2D eigenvalue weighted by molar-refractivity contribution is 0.150. The molecule has 0 saturated carbocycles. The molecule has 1 aliphatic heterocycles. The van der Waals surface area contributed by atoms with Gasteiger partial charge in [-0.25, -0.2) is 15.8 Å². The third-order valence-corrected chi connectivity index (χ3v) is 4.31. The van der Waals surface area contributed by atoms with Crippen LogP contribution < -0.4 is 16.6 Å². The summed E-state index contributed by atoms with van der Waals surface area (Å²) in [7, 11) is 2.19. The van der Waals surface area contributed by atoms with E-state index in [1.54, 1.807) is 6.33 Å². The zero-order valence-corrected chi connectivity index (χ0v) is 12.7. The molecule has 6 nitrogen and oxygen atoms in total. The van der Waals surface area contributed by atoms with E-state index in [9.17, 15) is 0 Å². The first-order chi connectivity index (χ1) is 9.58. The zero-order chi connectivity index (χ0) is 14.6. The highest BCUT2D eigenvalue weighted by atomic mass is 15.3. The highest BCUT2D eigenvalue weighted by Gasteiger charge is 2.28. The summed E-state index contributed by atoms with van der Waals surface area (Å²) in [5.74, 6) is 7.11. The molecule has 0 atom stereocenters. The Hall–Kier alpha value is -1.40. The molecule has 1 fully saturated rings. The van der Waals surface area contributed by atoms with Crippen LogP contribution in [-0.2, 0) is 6.42 Å². The topological polar surface area (TPSA) is 79.1 Å². The molecule has 0 unspecified atom stereocenters. The lowest BCUT2D eigenvalue weighted by atomic mass is 9.80. The van der Waals surface area contributed by atoms with Crippen LogP contribution in [0.2, 0.25) is 0 Å². The van der Waals surface area contributed by atoms with Crippen molar-refractivity contribution in [2.45, 2.75) is 33.1 Å². The van der Waals surface area contributed by atoms with Crippen LogP contribution in [0.15, 0.2) is 6.33 Å². The number of nitrogens with zero attached hydrogens (tertiary/aromatic N) is 3. The Morgan fingerprint density at radius 1 is 1.30 bits per heavy atom. The van der Waals surface area contributed by atoms with Crippen LogP contribution in [0.1, 0.15) is 32.3 Å². The molecular formula is C14H26N6. The zero-order valence-electron chi connectivity index (χ0n) is 12.7. The van der Waals surface area contributed by atoms with Gasteiger partial charge in [0.25, 0.3) is 0 Å². The fourth-order valence-electron chi connectivity index (χ4n) is 2.66. The molecule has 4 N–H and O–H groups in total. The number of rotatable bonds is 5. The quantitative estimate of drug-likeness (QED) is 0.559. The number of hydrazine groups is 1. The van der Waals surface area contributed by atoms with Crippen molar-refractivity contribution in [1.82, 2.24) is 14.9 Å². The Kier molecular flexibility index (Phi) is 4.77. The van der Waals surface area contributed by atoms with Gasteiger partial charge in [0, 0.05) is 12.1 Å². The number of hydrogen-bond donors (Lipinski definition) is 3. The Bertz CT molecular complexity index is 439. The molecule has 1 saturated heterocycles. The van der Waals surface area contributed by atoms with E-state index in [-0.39, 0.29) is 0 Å². The summed E-state index contributed by atoms with van der Waals surface area (Å²) >= 11 is 0. The molecule has 0 bridgehead atoms. The number of anilines is 2. The van der Waals surface area contributed by atoms with Gasteiger partial charge in [-0.3, -0.25) is 0 Å². The fraction of sp³-hybridized carbons (Fsp3) is 0.714. The maximum atomic E-state index is 5.50. The van der Waals surface area contributed by atoms with Gasteiger partial charge in [-0.2, -0.15) is 0 Å². The van der Waals surface area contributed by atoms with Gasteiger partial charge in [-0.1, -0.05) is 13.8 Å². The van der Waals surface area contributed by atoms with Gasteiger partial charge in [0.2, 0.25) is 0 Å². The van der Waals surface area contributed by atoms with Crippen LogP contribution in [-0.4, -0.2) is 41.5 Å². The van der Waals surface area contributed by atoms with Gasteiger partial charge >= 0.3 is 0 Å². The van der Waals surface area contributed by atoms with Gasteiger partial charge in [-0.15, -0.1) is 0 Å². The minimum atomic E-state index is 0.332. The van der Waals surface area contributed by atoms with Crippen molar-refractivity contribution in [3.63, 3.8) is 0 Å². The van der Waals surface area contributed by atoms with E-state index in [4.69, 9.17) is 5.84 Å². The third-order valence-electron chi connectivity index (χ3n) is 4.31. The monoisotopic (exact) mass is 278 g/mol. The SMILES string of the molecule is CCc1c(NN)ncnc1NCC1(C)CCN(C)CC1. The van der Waals surface area contributed by atoms with Gasteiger partial charge in [-0.05, 0) is 44.8 Å². The van der Waals surface area contributed by atoms with Gasteiger partial charge in [0.1, 0.15) is 18.0 Å². The normalized spacial score (nSPS) is 18.8. The van der Waals surface area contributed by atoms with E-state index >= 15 is 0 Å². The van der Waals surface area contributed by atoms with Crippen LogP contribution in [0.4, 0.5) is 11.6 Å². The molecular weight excluding hydrogens is 252 g/mol. The Labute approximate surface area is 121 Å². The molecule has 0 amide bonds. The van der Waals surface area contributed by atoms with Crippen molar-refractivity contribution in [3.8, 4) is 0 Å². The van der Waals surface area contributed by atoms with Gasteiger partial charge in [0.05, 0.1) is 0 Å². The van der Waals surface area contributed by atoms with Crippen molar-refractivity contribution >= 4 is 11.6 Å². The number of nitrogens with one attached hydrogen (secondary N) is 2. The van der Waals surface area contributed by atoms with Crippen molar-refractivity contribution in [2.75, 3.05) is 37.4 Å². The number of piperidine rings is 1. The molecule has 6 heteroatoms. The summed E-state index contributed by atoms with van der Waals surface area (Å²) in [4.78, 5) is 10.9. The third kappa shape index (κ3) is 3.37. The summed E-state index contributed by atoms with van der Waals surface area (Å²) in [6, 6.07) is 0. The number of nitrogen functional groups attached to an aromatic ring is 1. The van der Waals surface area contributed by atoms with Crippen molar-refractivity contribution in [2.24, 2.45) is 11.3 Å². The first-order valence-corrected chi connectivity index (χ1v) is 7.31. The second-order valence-corrected chi connectivity index (χ2v) is 6.01. The van der Waals surface area contributed by atoms with E-state index in [1.165, 1.54) is 12.8 Å². The standard InChI is InChI=1S/C14H26N6/c1-4-11-12(17-10-18-13(11)19-15)16-9-14(2)5-7-20(3)8-6-14/h10H,4-9,15H2,1-3H3,(H2,16,17,18,19). The smallest absolute Gasteiger partial charge is 0.148 e. The molecule has 0 radical (unpaired) electrons. The summed E-state index contributed by atoms with van der Waals surface area (Å²) in [5.41, 5.74) is 4.02. The minimum Gasteiger partial charge on any atom is -0.369 e. The summed E-state index contributed by atoms with van der Waals surface area (Å²) in [6.07, 6.45) is 4.83. The molecule has 112 valence electrons. The Morgan fingerprint density at radius 3 is 2.55 bits per heavy atom. The van der Waals surface area contributed by atoms with E-state index in [1.807, 2.05) is 0 Å². The average molecular weight is 278 g/mol. The van der Waals surface area contributed by atoms with Crippen LogP contribution in [0.25, 0.3) is 0 Å². The second-order valence-electron chi connectivity index (χ2n) is 6.01. The van der Waals surface area contributed by atoms with E-state index in [0.29, 0.717) is 11.2 Å². The molecule has 20 heavy (non-hydrogen) atoms. The summed E-state index contributed by atoms with van der Waals surface area (Å²) in [6.45, 7) is 7.70. The molecule has 0 spiro atoms. The van der Waals surface area contributed by atoms with Gasteiger partial charge in [0.15, 0.2) is 0 Å². The minimum absolute atomic E-state index is 0.332.